The minimum atomic E-state index is -3.31. The molecular weight excluding hydrogens is 276 g/mol. The second kappa shape index (κ2) is 6.30. The smallest absolute Gasteiger partial charge is 0.282 e. The van der Waals surface area contributed by atoms with Crippen LogP contribution in [0, 0.1) is 5.41 Å². The Labute approximate surface area is 123 Å². The number of nitrogens with zero attached hydrogens (tertiary/aromatic N) is 2. The van der Waals surface area contributed by atoms with Gasteiger partial charge in [-0.05, 0) is 37.5 Å². The van der Waals surface area contributed by atoms with E-state index in [9.17, 15) is 8.42 Å². The van der Waals surface area contributed by atoms with Crippen molar-refractivity contribution in [2.45, 2.75) is 52.0 Å². The third-order valence-corrected chi connectivity index (χ3v) is 7.25. The minimum Gasteiger partial charge on any atom is -0.383 e. The zero-order valence-electron chi connectivity index (χ0n) is 13.0. The Hall–Kier alpha value is -0.170. The third kappa shape index (κ3) is 2.89. The monoisotopic (exact) mass is 304 g/mol. The summed E-state index contributed by atoms with van der Waals surface area (Å²) in [6, 6.07) is 0.0169. The van der Waals surface area contributed by atoms with Gasteiger partial charge in [-0.15, -0.1) is 0 Å². The molecule has 2 saturated heterocycles. The van der Waals surface area contributed by atoms with Crippen LogP contribution in [0.3, 0.4) is 0 Å². The Bertz CT molecular complexity index is 420. The zero-order chi connectivity index (χ0) is 14.8. The Balaban J connectivity index is 2.11. The van der Waals surface area contributed by atoms with Crippen molar-refractivity contribution in [3.63, 3.8) is 0 Å². The predicted octanol–water partition coefficient (Wildman–Crippen LogP) is 1.85. The van der Waals surface area contributed by atoms with E-state index in [1.807, 2.05) is 0 Å². The first-order valence-corrected chi connectivity index (χ1v) is 9.14. The second-order valence-electron chi connectivity index (χ2n) is 6.16. The van der Waals surface area contributed by atoms with Gasteiger partial charge in [-0.25, -0.2) is 0 Å². The largest absolute Gasteiger partial charge is 0.383 e. The SMILES string of the molecule is CCC1(CC)CCN(S(=O)(=O)N2CCC[C@H]2COC)C1. The van der Waals surface area contributed by atoms with Crippen molar-refractivity contribution in [2.24, 2.45) is 5.41 Å². The highest BCUT2D eigenvalue weighted by Crippen LogP contribution is 2.39. The van der Waals surface area contributed by atoms with Gasteiger partial charge in [-0.3, -0.25) is 0 Å². The van der Waals surface area contributed by atoms with Gasteiger partial charge in [0.15, 0.2) is 0 Å². The van der Waals surface area contributed by atoms with E-state index in [1.54, 1.807) is 15.7 Å². The Morgan fingerprint density at radius 3 is 2.50 bits per heavy atom. The first-order chi connectivity index (χ1) is 9.49. The number of ether oxygens (including phenoxy) is 1. The van der Waals surface area contributed by atoms with Gasteiger partial charge in [0.2, 0.25) is 0 Å². The van der Waals surface area contributed by atoms with Crippen LogP contribution in [0.25, 0.3) is 0 Å². The summed E-state index contributed by atoms with van der Waals surface area (Å²) < 4.78 is 34.2. The molecule has 1 atom stereocenters. The van der Waals surface area contributed by atoms with Crippen molar-refractivity contribution in [3.8, 4) is 0 Å². The predicted molar refractivity (Wildman–Crippen MR) is 79.7 cm³/mol. The van der Waals surface area contributed by atoms with Crippen LogP contribution in [0.1, 0.15) is 46.0 Å². The van der Waals surface area contributed by atoms with Crippen molar-refractivity contribution in [2.75, 3.05) is 33.4 Å². The summed E-state index contributed by atoms with van der Waals surface area (Å²) in [5.74, 6) is 0. The zero-order valence-corrected chi connectivity index (χ0v) is 13.8. The van der Waals surface area contributed by atoms with Gasteiger partial charge < -0.3 is 4.74 Å². The fraction of sp³-hybridized carbons (Fsp3) is 1.00. The third-order valence-electron chi connectivity index (χ3n) is 5.21. The molecule has 2 aliphatic heterocycles. The Morgan fingerprint density at radius 1 is 1.25 bits per heavy atom. The lowest BCUT2D eigenvalue weighted by Gasteiger charge is -2.30. The van der Waals surface area contributed by atoms with E-state index < -0.39 is 10.2 Å². The highest BCUT2D eigenvalue weighted by Gasteiger charge is 2.44. The van der Waals surface area contributed by atoms with E-state index in [-0.39, 0.29) is 11.5 Å². The Kier molecular flexibility index (Phi) is 5.10. The van der Waals surface area contributed by atoms with Crippen molar-refractivity contribution in [1.82, 2.24) is 8.61 Å². The summed E-state index contributed by atoms with van der Waals surface area (Å²) in [4.78, 5) is 0. The van der Waals surface area contributed by atoms with Crippen LogP contribution in [-0.2, 0) is 14.9 Å². The average Bonchev–Trinajstić information content (AvgIpc) is 3.06. The van der Waals surface area contributed by atoms with E-state index in [0.717, 1.165) is 32.1 Å². The molecule has 2 rings (SSSR count). The molecule has 0 aromatic rings. The molecule has 0 amide bonds. The fourth-order valence-corrected chi connectivity index (χ4v) is 5.50. The van der Waals surface area contributed by atoms with Gasteiger partial charge in [-0.2, -0.15) is 17.0 Å². The molecule has 118 valence electrons. The Morgan fingerprint density at radius 2 is 1.95 bits per heavy atom. The maximum Gasteiger partial charge on any atom is 0.282 e. The van der Waals surface area contributed by atoms with Gasteiger partial charge in [-0.1, -0.05) is 13.8 Å². The summed E-state index contributed by atoms with van der Waals surface area (Å²) in [5, 5.41) is 0. The normalized spacial score (nSPS) is 28.2. The standard InChI is InChI=1S/C14H28N2O3S/c1-4-14(5-2)8-10-15(12-14)20(17,18)16-9-6-7-13(16)11-19-3/h13H,4-12H2,1-3H3/t13-/m0/s1. The molecule has 0 aliphatic carbocycles. The van der Waals surface area contributed by atoms with Crippen molar-refractivity contribution in [3.05, 3.63) is 0 Å². The first-order valence-electron chi connectivity index (χ1n) is 7.75. The molecule has 0 aromatic carbocycles. The molecular formula is C14H28N2O3S. The van der Waals surface area contributed by atoms with E-state index in [1.165, 1.54) is 0 Å². The lowest BCUT2D eigenvalue weighted by Crippen LogP contribution is -2.47. The molecule has 0 unspecified atom stereocenters. The highest BCUT2D eigenvalue weighted by atomic mass is 32.2. The number of rotatable bonds is 6. The maximum absolute atomic E-state index is 12.8. The molecule has 6 heteroatoms. The molecule has 2 fully saturated rings. The van der Waals surface area contributed by atoms with Gasteiger partial charge in [0.25, 0.3) is 10.2 Å². The summed E-state index contributed by atoms with van der Waals surface area (Å²) in [5.41, 5.74) is 0.184. The molecule has 0 N–H and O–H groups in total. The van der Waals surface area contributed by atoms with Crippen LogP contribution < -0.4 is 0 Å². The molecule has 5 nitrogen and oxygen atoms in total. The van der Waals surface area contributed by atoms with Crippen LogP contribution in [0.2, 0.25) is 0 Å². The van der Waals surface area contributed by atoms with Crippen LogP contribution in [0.5, 0.6) is 0 Å². The minimum absolute atomic E-state index is 0.0169. The van der Waals surface area contributed by atoms with Crippen molar-refractivity contribution < 1.29 is 13.2 Å². The molecule has 0 saturated carbocycles. The van der Waals surface area contributed by atoms with E-state index >= 15 is 0 Å². The lowest BCUT2D eigenvalue weighted by molar-refractivity contribution is 0.146. The first kappa shape index (κ1) is 16.2. The van der Waals surface area contributed by atoms with Crippen molar-refractivity contribution >= 4 is 10.2 Å². The van der Waals surface area contributed by atoms with E-state index in [4.69, 9.17) is 4.74 Å². The van der Waals surface area contributed by atoms with Crippen molar-refractivity contribution in [1.29, 1.82) is 0 Å². The summed E-state index contributed by atoms with van der Waals surface area (Å²) >= 11 is 0. The number of methoxy groups -OCH3 is 1. The fourth-order valence-electron chi connectivity index (χ4n) is 3.54. The van der Waals surface area contributed by atoms with Crippen LogP contribution >= 0.6 is 0 Å². The van der Waals surface area contributed by atoms with E-state index in [0.29, 0.717) is 26.2 Å². The molecule has 0 spiro atoms. The quantitative estimate of drug-likeness (QED) is 0.752. The van der Waals surface area contributed by atoms with Gasteiger partial charge in [0, 0.05) is 32.8 Å². The number of hydrogen-bond acceptors (Lipinski definition) is 3. The molecule has 0 aromatic heterocycles. The molecule has 2 heterocycles. The average molecular weight is 304 g/mol. The molecule has 0 bridgehead atoms. The second-order valence-corrected chi connectivity index (χ2v) is 8.04. The summed E-state index contributed by atoms with van der Waals surface area (Å²) in [7, 11) is -1.68. The van der Waals surface area contributed by atoms with Crippen LogP contribution in [0.15, 0.2) is 0 Å². The summed E-state index contributed by atoms with van der Waals surface area (Å²) in [6.07, 6.45) is 4.94. The molecule has 20 heavy (non-hydrogen) atoms. The summed E-state index contributed by atoms with van der Waals surface area (Å²) in [6.45, 7) is 6.82. The van der Waals surface area contributed by atoms with E-state index in [2.05, 4.69) is 13.8 Å². The topological polar surface area (TPSA) is 49.9 Å². The molecule has 2 aliphatic rings. The maximum atomic E-state index is 12.8. The number of hydrogen-bond donors (Lipinski definition) is 0. The van der Waals surface area contributed by atoms with Crippen LogP contribution in [-0.4, -0.2) is 56.4 Å². The molecule has 0 radical (unpaired) electrons. The van der Waals surface area contributed by atoms with Crippen LogP contribution in [0.4, 0.5) is 0 Å². The van der Waals surface area contributed by atoms with Gasteiger partial charge in [0.1, 0.15) is 0 Å². The van der Waals surface area contributed by atoms with Gasteiger partial charge >= 0.3 is 0 Å². The van der Waals surface area contributed by atoms with Gasteiger partial charge in [0.05, 0.1) is 6.61 Å². The highest BCUT2D eigenvalue weighted by molar-refractivity contribution is 7.86. The lowest BCUT2D eigenvalue weighted by atomic mass is 9.82.